The number of rotatable bonds is 5. The summed E-state index contributed by atoms with van der Waals surface area (Å²) >= 11 is 0. The molecule has 0 aromatic heterocycles. The molecule has 2 heteroatoms. The summed E-state index contributed by atoms with van der Waals surface area (Å²) in [6.07, 6.45) is 4.31. The van der Waals surface area contributed by atoms with Crippen LogP contribution in [0.25, 0.3) is 6.08 Å². The molecule has 19 heavy (non-hydrogen) atoms. The van der Waals surface area contributed by atoms with Crippen LogP contribution in [0.15, 0.2) is 60.7 Å². The van der Waals surface area contributed by atoms with E-state index in [1.165, 1.54) is 11.1 Å². The molecule has 0 saturated heterocycles. The second-order valence-electron chi connectivity index (χ2n) is 4.68. The minimum absolute atomic E-state index is 0.331. The SMILES string of the molecule is C[C@@H](/C=C/c1ccccc1)NCc1ccc(N)cc1. The van der Waals surface area contributed by atoms with Gasteiger partial charge in [0.25, 0.3) is 0 Å². The fourth-order valence-corrected chi connectivity index (χ4v) is 1.80. The van der Waals surface area contributed by atoms with Gasteiger partial charge in [-0.1, -0.05) is 54.6 Å². The summed E-state index contributed by atoms with van der Waals surface area (Å²) in [7, 11) is 0. The van der Waals surface area contributed by atoms with Gasteiger partial charge >= 0.3 is 0 Å². The highest BCUT2D eigenvalue weighted by atomic mass is 14.9. The van der Waals surface area contributed by atoms with Crippen LogP contribution in [0.3, 0.4) is 0 Å². The normalized spacial score (nSPS) is 12.7. The Balaban J connectivity index is 1.83. The molecule has 2 rings (SSSR count). The van der Waals surface area contributed by atoms with E-state index >= 15 is 0 Å². The smallest absolute Gasteiger partial charge is 0.0314 e. The van der Waals surface area contributed by atoms with Crippen molar-refractivity contribution in [1.29, 1.82) is 0 Å². The van der Waals surface area contributed by atoms with Gasteiger partial charge in [-0.3, -0.25) is 0 Å². The van der Waals surface area contributed by atoms with Gasteiger partial charge < -0.3 is 11.1 Å². The van der Waals surface area contributed by atoms with Crippen molar-refractivity contribution in [1.82, 2.24) is 5.32 Å². The van der Waals surface area contributed by atoms with Crippen molar-refractivity contribution in [3.05, 3.63) is 71.8 Å². The molecule has 98 valence electrons. The van der Waals surface area contributed by atoms with Crippen molar-refractivity contribution in [2.24, 2.45) is 0 Å². The molecule has 2 aromatic carbocycles. The van der Waals surface area contributed by atoms with Crippen LogP contribution in [-0.2, 0) is 6.54 Å². The Morgan fingerprint density at radius 2 is 1.74 bits per heavy atom. The summed E-state index contributed by atoms with van der Waals surface area (Å²) < 4.78 is 0. The lowest BCUT2D eigenvalue weighted by molar-refractivity contribution is 0.635. The molecule has 0 fully saturated rings. The second-order valence-corrected chi connectivity index (χ2v) is 4.68. The van der Waals surface area contributed by atoms with Gasteiger partial charge in [0.05, 0.1) is 0 Å². The first-order chi connectivity index (χ1) is 9.24. The quantitative estimate of drug-likeness (QED) is 0.800. The zero-order valence-electron chi connectivity index (χ0n) is 11.2. The summed E-state index contributed by atoms with van der Waals surface area (Å²) in [4.78, 5) is 0. The van der Waals surface area contributed by atoms with Crippen LogP contribution in [0, 0.1) is 0 Å². The van der Waals surface area contributed by atoms with Gasteiger partial charge in [-0.25, -0.2) is 0 Å². The van der Waals surface area contributed by atoms with Crippen LogP contribution >= 0.6 is 0 Å². The van der Waals surface area contributed by atoms with Crippen LogP contribution in [0.1, 0.15) is 18.1 Å². The lowest BCUT2D eigenvalue weighted by Crippen LogP contribution is -2.23. The van der Waals surface area contributed by atoms with Crippen molar-refractivity contribution in [3.8, 4) is 0 Å². The molecule has 2 nitrogen and oxygen atoms in total. The van der Waals surface area contributed by atoms with Crippen molar-refractivity contribution in [2.45, 2.75) is 19.5 Å². The number of hydrogen-bond acceptors (Lipinski definition) is 2. The Bertz CT molecular complexity index is 515. The largest absolute Gasteiger partial charge is 0.399 e. The number of anilines is 1. The van der Waals surface area contributed by atoms with E-state index in [0.29, 0.717) is 6.04 Å². The predicted octanol–water partition coefficient (Wildman–Crippen LogP) is 3.46. The Morgan fingerprint density at radius 3 is 2.42 bits per heavy atom. The number of nitrogens with one attached hydrogen (secondary N) is 1. The number of hydrogen-bond donors (Lipinski definition) is 2. The van der Waals surface area contributed by atoms with E-state index in [-0.39, 0.29) is 0 Å². The van der Waals surface area contributed by atoms with Crippen LogP contribution in [0.4, 0.5) is 5.69 Å². The Hall–Kier alpha value is -2.06. The van der Waals surface area contributed by atoms with Gasteiger partial charge in [-0.2, -0.15) is 0 Å². The monoisotopic (exact) mass is 252 g/mol. The average molecular weight is 252 g/mol. The second kappa shape index (κ2) is 6.76. The average Bonchev–Trinajstić information content (AvgIpc) is 2.45. The van der Waals surface area contributed by atoms with Gasteiger partial charge in [0.1, 0.15) is 0 Å². The summed E-state index contributed by atoms with van der Waals surface area (Å²) in [6, 6.07) is 18.6. The van der Waals surface area contributed by atoms with Crippen LogP contribution in [-0.4, -0.2) is 6.04 Å². The topological polar surface area (TPSA) is 38.0 Å². The molecule has 0 heterocycles. The van der Waals surface area contributed by atoms with E-state index in [1.54, 1.807) is 0 Å². The minimum Gasteiger partial charge on any atom is -0.399 e. The number of benzene rings is 2. The molecule has 0 amide bonds. The van der Waals surface area contributed by atoms with E-state index in [1.807, 2.05) is 30.3 Å². The fourth-order valence-electron chi connectivity index (χ4n) is 1.80. The number of nitrogens with two attached hydrogens (primary N) is 1. The molecular formula is C17H20N2. The zero-order chi connectivity index (χ0) is 13.5. The van der Waals surface area contributed by atoms with E-state index < -0.39 is 0 Å². The molecule has 0 unspecified atom stereocenters. The van der Waals surface area contributed by atoms with Gasteiger partial charge in [-0.15, -0.1) is 0 Å². The van der Waals surface area contributed by atoms with E-state index in [2.05, 4.69) is 48.7 Å². The van der Waals surface area contributed by atoms with Gasteiger partial charge in [0.15, 0.2) is 0 Å². The Kier molecular flexibility index (Phi) is 4.76. The third-order valence-electron chi connectivity index (χ3n) is 2.98. The van der Waals surface area contributed by atoms with Gasteiger partial charge in [0, 0.05) is 18.3 Å². The van der Waals surface area contributed by atoms with Crippen LogP contribution in [0.5, 0.6) is 0 Å². The van der Waals surface area contributed by atoms with Gasteiger partial charge in [-0.05, 0) is 30.2 Å². The first-order valence-electron chi connectivity index (χ1n) is 6.55. The van der Waals surface area contributed by atoms with Gasteiger partial charge in [0.2, 0.25) is 0 Å². The molecule has 0 spiro atoms. The standard InChI is InChI=1S/C17H20N2/c1-14(7-8-15-5-3-2-4-6-15)19-13-16-9-11-17(18)12-10-16/h2-12,14,19H,13,18H2,1H3/b8-7+/t14-/m0/s1. The Morgan fingerprint density at radius 1 is 1.05 bits per heavy atom. The lowest BCUT2D eigenvalue weighted by atomic mass is 10.1. The first-order valence-corrected chi connectivity index (χ1v) is 6.55. The predicted molar refractivity (Wildman–Crippen MR) is 82.6 cm³/mol. The molecule has 0 aliphatic heterocycles. The maximum Gasteiger partial charge on any atom is 0.0314 e. The molecule has 0 saturated carbocycles. The van der Waals surface area contributed by atoms with Crippen LogP contribution < -0.4 is 11.1 Å². The highest BCUT2D eigenvalue weighted by molar-refractivity contribution is 5.49. The zero-order valence-corrected chi connectivity index (χ0v) is 11.2. The van der Waals surface area contributed by atoms with E-state index in [9.17, 15) is 0 Å². The molecule has 2 aromatic rings. The summed E-state index contributed by atoms with van der Waals surface area (Å²) in [5.41, 5.74) is 8.94. The molecule has 0 bridgehead atoms. The van der Waals surface area contributed by atoms with Crippen molar-refractivity contribution >= 4 is 11.8 Å². The van der Waals surface area contributed by atoms with Crippen molar-refractivity contribution in [3.63, 3.8) is 0 Å². The maximum absolute atomic E-state index is 5.66. The van der Waals surface area contributed by atoms with Crippen molar-refractivity contribution < 1.29 is 0 Å². The number of nitrogen functional groups attached to an aromatic ring is 1. The molecule has 0 aliphatic rings. The lowest BCUT2D eigenvalue weighted by Gasteiger charge is -2.09. The highest BCUT2D eigenvalue weighted by Gasteiger charge is 1.97. The first kappa shape index (κ1) is 13.4. The fraction of sp³-hybridized carbons (Fsp3) is 0.176. The minimum atomic E-state index is 0.331. The van der Waals surface area contributed by atoms with Crippen molar-refractivity contribution in [2.75, 3.05) is 5.73 Å². The summed E-state index contributed by atoms with van der Waals surface area (Å²) in [5.74, 6) is 0. The highest BCUT2D eigenvalue weighted by Crippen LogP contribution is 2.06. The molecule has 0 radical (unpaired) electrons. The molecular weight excluding hydrogens is 232 g/mol. The third kappa shape index (κ3) is 4.60. The Labute approximate surface area is 115 Å². The summed E-state index contributed by atoms with van der Waals surface area (Å²) in [6.45, 7) is 3.00. The van der Waals surface area contributed by atoms with E-state index in [4.69, 9.17) is 5.73 Å². The maximum atomic E-state index is 5.66. The third-order valence-corrected chi connectivity index (χ3v) is 2.98. The molecule has 3 N–H and O–H groups in total. The summed E-state index contributed by atoms with van der Waals surface area (Å²) in [5, 5.41) is 3.46. The van der Waals surface area contributed by atoms with E-state index in [0.717, 1.165) is 12.2 Å². The molecule has 1 atom stereocenters. The van der Waals surface area contributed by atoms with Crippen LogP contribution in [0.2, 0.25) is 0 Å². The molecule has 0 aliphatic carbocycles.